The van der Waals surface area contributed by atoms with Crippen LogP contribution in [0.25, 0.3) is 22.1 Å². The Labute approximate surface area is 257 Å². The molecule has 3 aromatic carbocycles. The van der Waals surface area contributed by atoms with Gasteiger partial charge in [-0.15, -0.1) is 0 Å². The minimum absolute atomic E-state index is 0.0361. The number of nitrogens with two attached hydrogens (primary N) is 2. The van der Waals surface area contributed by atoms with Crippen LogP contribution < -0.4 is 16.9 Å². The molecule has 0 bridgehead atoms. The first-order valence-corrected chi connectivity index (χ1v) is 20.9. The summed E-state index contributed by atoms with van der Waals surface area (Å²) in [7, 11) is 0. The Morgan fingerprint density at radius 3 is 2.54 bits per heavy atom. The van der Waals surface area contributed by atoms with E-state index in [2.05, 4.69) is 44.2 Å². The van der Waals surface area contributed by atoms with Gasteiger partial charge in [0.1, 0.15) is 0 Å². The number of hydrogen-bond donors (Lipinski definition) is 2. The SMILES string of the molecule is CCC(N)C1C(c2cccc(I(C)C)c2)=IN(C(C)c2oc3ccccc3c(=O)c2-c2cccc(F)c2)C1N=CN. The number of alkyl halides is 2. The second kappa shape index (κ2) is 12.8. The van der Waals surface area contributed by atoms with Crippen molar-refractivity contribution >= 4 is 61.6 Å². The fourth-order valence-corrected chi connectivity index (χ4v) is 11.0. The molecule has 41 heavy (non-hydrogen) atoms. The van der Waals surface area contributed by atoms with Crippen LogP contribution in [0, 0.1) is 15.3 Å². The van der Waals surface area contributed by atoms with Gasteiger partial charge in [-0.1, -0.05) is 6.07 Å². The van der Waals surface area contributed by atoms with E-state index in [1.54, 1.807) is 24.3 Å². The number of aliphatic imine (C=N–C) groups is 1. The Balaban J connectivity index is 1.73. The molecule has 216 valence electrons. The van der Waals surface area contributed by atoms with Crippen LogP contribution >= 0.6 is 40.8 Å². The van der Waals surface area contributed by atoms with Gasteiger partial charge in [0.15, 0.2) is 0 Å². The van der Waals surface area contributed by atoms with Crippen LogP contribution in [0.2, 0.25) is 0 Å². The van der Waals surface area contributed by atoms with E-state index in [9.17, 15) is 9.18 Å². The average Bonchev–Trinajstić information content (AvgIpc) is 3.35. The van der Waals surface area contributed by atoms with E-state index in [-0.39, 0.29) is 29.6 Å². The minimum atomic E-state index is -1.20. The molecule has 0 saturated heterocycles. The molecule has 0 fully saturated rings. The Bertz CT molecular complexity index is 1690. The van der Waals surface area contributed by atoms with Gasteiger partial charge in [0, 0.05) is 0 Å². The summed E-state index contributed by atoms with van der Waals surface area (Å²) in [5, 5.41) is 0.462. The third-order valence-electron chi connectivity index (χ3n) is 7.45. The summed E-state index contributed by atoms with van der Waals surface area (Å²) in [6, 6.07) is 21.7. The number of halogens is 3. The summed E-state index contributed by atoms with van der Waals surface area (Å²) < 4.78 is 26.0. The number of rotatable bonds is 8. The van der Waals surface area contributed by atoms with Crippen LogP contribution in [0.1, 0.15) is 37.6 Å². The normalized spacial score (nSPS) is 19.7. The van der Waals surface area contributed by atoms with Crippen LogP contribution in [0.5, 0.6) is 0 Å². The van der Waals surface area contributed by atoms with E-state index < -0.39 is 46.6 Å². The molecule has 4 N–H and O–H groups in total. The standard InChI is InChI=1S/C32H35FI2N4O2/c1-5-25(37)28-29(21-11-9-13-23(17-21)35(3)4)34-39(32(28)38-18-36)19(2)31-27(20-10-8-12-22(33)16-20)30(40)24-14-6-7-15-26(24)41-31/h6-19,25,28,32H,5,37H2,1-4H3,(H2,36,38). The maximum absolute atomic E-state index is 14.4. The molecule has 0 saturated carbocycles. The summed E-state index contributed by atoms with van der Waals surface area (Å²) in [4.78, 5) is 23.4. The van der Waals surface area contributed by atoms with Crippen molar-refractivity contribution in [3.63, 3.8) is 0 Å². The Morgan fingerprint density at radius 2 is 1.83 bits per heavy atom. The van der Waals surface area contributed by atoms with Crippen molar-refractivity contribution in [2.24, 2.45) is 22.4 Å². The van der Waals surface area contributed by atoms with Gasteiger partial charge in [0.05, 0.1) is 0 Å². The third kappa shape index (κ3) is 5.91. The molecule has 4 unspecified atom stereocenters. The number of fused-ring (bicyclic) bond motifs is 1. The first kappa shape index (κ1) is 30.0. The van der Waals surface area contributed by atoms with Crippen LogP contribution in [0.15, 0.2) is 87.0 Å². The molecule has 2 heterocycles. The number of nitrogens with zero attached hydrogens (tertiary/aromatic N) is 2. The van der Waals surface area contributed by atoms with Gasteiger partial charge in [-0.25, -0.2) is 4.39 Å². The predicted molar refractivity (Wildman–Crippen MR) is 185 cm³/mol. The molecule has 1 aromatic heterocycles. The predicted octanol–water partition coefficient (Wildman–Crippen LogP) is 6.68. The maximum atomic E-state index is 14.4. The molecule has 0 aliphatic carbocycles. The van der Waals surface area contributed by atoms with Gasteiger partial charge in [-0.3, -0.25) is 0 Å². The first-order valence-electron chi connectivity index (χ1n) is 13.5. The molecule has 1 aliphatic heterocycles. The van der Waals surface area contributed by atoms with Gasteiger partial charge in [0.25, 0.3) is 0 Å². The van der Waals surface area contributed by atoms with Crippen molar-refractivity contribution in [3.05, 3.63) is 104 Å². The summed E-state index contributed by atoms with van der Waals surface area (Å²) in [5.41, 5.74) is 15.1. The number of para-hydroxylation sites is 1. The molecule has 0 amide bonds. The average molecular weight is 780 g/mol. The zero-order valence-corrected chi connectivity index (χ0v) is 27.8. The first-order chi connectivity index (χ1) is 19.7. The zero-order valence-electron chi connectivity index (χ0n) is 23.5. The monoisotopic (exact) mass is 780 g/mol. The van der Waals surface area contributed by atoms with Gasteiger partial charge in [0.2, 0.25) is 0 Å². The number of benzene rings is 3. The quantitative estimate of drug-likeness (QED) is 0.0684. The topological polar surface area (TPSA) is 97.8 Å². The second-order valence-corrected chi connectivity index (χ2v) is 18.5. The van der Waals surface area contributed by atoms with Crippen molar-refractivity contribution in [1.29, 1.82) is 0 Å². The van der Waals surface area contributed by atoms with Gasteiger partial charge in [-0.2, -0.15) is 0 Å². The van der Waals surface area contributed by atoms with Crippen molar-refractivity contribution in [2.75, 3.05) is 9.86 Å². The van der Waals surface area contributed by atoms with Crippen LogP contribution in [-0.4, -0.2) is 35.0 Å². The van der Waals surface area contributed by atoms with Crippen molar-refractivity contribution < 1.29 is 8.81 Å². The van der Waals surface area contributed by atoms with Crippen LogP contribution in [0.3, 0.4) is 0 Å². The molecule has 0 radical (unpaired) electrons. The molecule has 1 aliphatic rings. The van der Waals surface area contributed by atoms with Crippen LogP contribution in [-0.2, 0) is 0 Å². The molecule has 0 spiro atoms. The molecular weight excluding hydrogens is 745 g/mol. The van der Waals surface area contributed by atoms with Crippen molar-refractivity contribution in [2.45, 2.75) is 38.5 Å². The fraction of sp³-hybridized carbons (Fsp3) is 0.281. The molecule has 4 atom stereocenters. The van der Waals surface area contributed by atoms with Gasteiger partial charge < -0.3 is 0 Å². The fourth-order valence-electron chi connectivity index (χ4n) is 5.30. The summed E-state index contributed by atoms with van der Waals surface area (Å²) >= 11 is -1.96. The summed E-state index contributed by atoms with van der Waals surface area (Å²) in [6.45, 7) is 4.13. The molecule has 6 nitrogen and oxygen atoms in total. The third-order valence-corrected chi connectivity index (χ3v) is 14.4. The Morgan fingerprint density at radius 1 is 1.10 bits per heavy atom. The zero-order chi connectivity index (χ0) is 29.3. The molecule has 4 aromatic rings. The van der Waals surface area contributed by atoms with E-state index in [0.29, 0.717) is 27.9 Å². The Hall–Kier alpha value is -2.48. The molecule has 9 heteroatoms. The van der Waals surface area contributed by atoms with Gasteiger partial charge in [-0.05, 0) is 6.07 Å². The van der Waals surface area contributed by atoms with E-state index in [1.165, 1.54) is 31.1 Å². The Kier molecular flexibility index (Phi) is 9.37. The summed E-state index contributed by atoms with van der Waals surface area (Å²) in [5.74, 6) is 0.0446. The van der Waals surface area contributed by atoms with E-state index in [1.807, 2.05) is 19.1 Å². The summed E-state index contributed by atoms with van der Waals surface area (Å²) in [6.07, 6.45) is 1.83. The van der Waals surface area contributed by atoms with E-state index in [4.69, 9.17) is 20.9 Å². The van der Waals surface area contributed by atoms with Crippen LogP contribution in [0.4, 0.5) is 4.39 Å². The van der Waals surface area contributed by atoms with Crippen molar-refractivity contribution in [3.8, 4) is 11.1 Å². The van der Waals surface area contributed by atoms with E-state index >= 15 is 0 Å². The molecule has 5 rings (SSSR count). The second-order valence-electron chi connectivity index (χ2n) is 10.2. The van der Waals surface area contributed by atoms with E-state index in [0.717, 1.165) is 6.42 Å². The number of hydrogen-bond acceptors (Lipinski definition) is 5. The van der Waals surface area contributed by atoms with Crippen molar-refractivity contribution in [1.82, 2.24) is 3.11 Å². The molecular formula is C32H35FI2N4O2. The van der Waals surface area contributed by atoms with Gasteiger partial charge >= 0.3 is 243 Å².